The zero-order valence-electron chi connectivity index (χ0n) is 11.6. The van der Waals surface area contributed by atoms with E-state index < -0.39 is 0 Å². The summed E-state index contributed by atoms with van der Waals surface area (Å²) in [5.74, 6) is 0. The topological polar surface area (TPSA) is 18.5 Å². The Bertz CT molecular complexity index is 446. The minimum absolute atomic E-state index is 0.131. The van der Waals surface area contributed by atoms with Crippen LogP contribution in [0.4, 0.5) is 0 Å². The van der Waals surface area contributed by atoms with Gasteiger partial charge in [0.25, 0.3) is 0 Å². The summed E-state index contributed by atoms with van der Waals surface area (Å²) in [4.78, 5) is 0. The van der Waals surface area contributed by atoms with Crippen molar-refractivity contribution in [1.82, 2.24) is 0 Å². The van der Waals surface area contributed by atoms with Gasteiger partial charge in [-0.15, -0.1) is 0 Å². The summed E-state index contributed by atoms with van der Waals surface area (Å²) in [7, 11) is 0. The van der Waals surface area contributed by atoms with Crippen LogP contribution in [0.5, 0.6) is 0 Å². The molecule has 2 rings (SSSR count). The largest absolute Gasteiger partial charge is 0.346 e. The number of rotatable bonds is 4. The molecule has 106 valence electrons. The molecule has 1 fully saturated rings. The number of ether oxygens (including phenoxy) is 2. The first-order valence-electron chi connectivity index (χ1n) is 6.63. The third kappa shape index (κ3) is 3.85. The van der Waals surface area contributed by atoms with Gasteiger partial charge in [0.05, 0.1) is 17.7 Å². The van der Waals surface area contributed by atoms with Crippen LogP contribution in [0.15, 0.2) is 18.2 Å². The summed E-state index contributed by atoms with van der Waals surface area (Å²) in [6.07, 6.45) is 1.87. The second-order valence-corrected chi connectivity index (χ2v) is 6.65. The SMILES string of the molecule is CCC(C)(C)C[C@@H]1CO[C@H](c2ccc(Cl)cc2Cl)O1. The number of hydrogen-bond donors (Lipinski definition) is 0. The van der Waals surface area contributed by atoms with E-state index in [1.165, 1.54) is 0 Å². The van der Waals surface area contributed by atoms with Crippen LogP contribution in [-0.4, -0.2) is 12.7 Å². The zero-order chi connectivity index (χ0) is 14.0. The van der Waals surface area contributed by atoms with E-state index in [0.29, 0.717) is 16.7 Å². The quantitative estimate of drug-likeness (QED) is 0.758. The molecule has 1 heterocycles. The molecule has 0 aliphatic carbocycles. The van der Waals surface area contributed by atoms with E-state index in [9.17, 15) is 0 Å². The maximum absolute atomic E-state index is 6.17. The average Bonchev–Trinajstić information content (AvgIpc) is 2.76. The fourth-order valence-corrected chi connectivity index (χ4v) is 2.67. The molecule has 0 amide bonds. The molecule has 0 saturated carbocycles. The van der Waals surface area contributed by atoms with Crippen molar-refractivity contribution in [3.8, 4) is 0 Å². The van der Waals surface area contributed by atoms with Crippen LogP contribution < -0.4 is 0 Å². The van der Waals surface area contributed by atoms with E-state index in [-0.39, 0.29) is 17.8 Å². The first-order chi connectivity index (χ1) is 8.91. The Labute approximate surface area is 125 Å². The van der Waals surface area contributed by atoms with Crippen LogP contribution in [0, 0.1) is 5.41 Å². The van der Waals surface area contributed by atoms with Crippen LogP contribution in [0.3, 0.4) is 0 Å². The van der Waals surface area contributed by atoms with Gasteiger partial charge < -0.3 is 9.47 Å². The lowest BCUT2D eigenvalue weighted by molar-refractivity contribution is -0.0657. The lowest BCUT2D eigenvalue weighted by atomic mass is 9.84. The van der Waals surface area contributed by atoms with E-state index >= 15 is 0 Å². The van der Waals surface area contributed by atoms with E-state index in [1.54, 1.807) is 12.1 Å². The Morgan fingerprint density at radius 1 is 1.32 bits per heavy atom. The minimum atomic E-state index is -0.373. The smallest absolute Gasteiger partial charge is 0.185 e. The monoisotopic (exact) mass is 302 g/mol. The number of benzene rings is 1. The van der Waals surface area contributed by atoms with Crippen molar-refractivity contribution < 1.29 is 9.47 Å². The van der Waals surface area contributed by atoms with Crippen molar-refractivity contribution in [1.29, 1.82) is 0 Å². The van der Waals surface area contributed by atoms with E-state index in [4.69, 9.17) is 32.7 Å². The maximum Gasteiger partial charge on any atom is 0.185 e. The Kier molecular flexibility index (Phi) is 4.78. The van der Waals surface area contributed by atoms with Crippen molar-refractivity contribution in [2.45, 2.75) is 46.0 Å². The van der Waals surface area contributed by atoms with Gasteiger partial charge in [-0.3, -0.25) is 0 Å². The van der Waals surface area contributed by atoms with Crippen LogP contribution in [0.2, 0.25) is 10.0 Å². The normalized spacial score (nSPS) is 23.8. The Morgan fingerprint density at radius 3 is 2.68 bits per heavy atom. The van der Waals surface area contributed by atoms with Crippen LogP contribution >= 0.6 is 23.2 Å². The second-order valence-electron chi connectivity index (χ2n) is 5.81. The highest BCUT2D eigenvalue weighted by Gasteiger charge is 2.32. The van der Waals surface area contributed by atoms with Gasteiger partial charge in [-0.25, -0.2) is 0 Å². The van der Waals surface area contributed by atoms with Gasteiger partial charge in [0.1, 0.15) is 0 Å². The van der Waals surface area contributed by atoms with Crippen LogP contribution in [0.1, 0.15) is 45.5 Å². The molecule has 0 spiro atoms. The number of hydrogen-bond acceptors (Lipinski definition) is 2. The standard InChI is InChI=1S/C15H20Cl2O2/c1-4-15(2,3)8-11-9-18-14(19-11)12-6-5-10(16)7-13(12)17/h5-7,11,14H,4,8-9H2,1-3H3/t11-,14+/m1/s1. The van der Waals surface area contributed by atoms with Crippen LogP contribution in [0.25, 0.3) is 0 Å². The number of halogens is 2. The highest BCUT2D eigenvalue weighted by Crippen LogP contribution is 2.37. The summed E-state index contributed by atoms with van der Waals surface area (Å²) in [5.41, 5.74) is 1.12. The van der Waals surface area contributed by atoms with Crippen molar-refractivity contribution in [2.75, 3.05) is 6.61 Å². The van der Waals surface area contributed by atoms with E-state index in [0.717, 1.165) is 18.4 Å². The molecule has 1 aliphatic heterocycles. The molecule has 1 aromatic carbocycles. The van der Waals surface area contributed by atoms with Crippen LogP contribution in [-0.2, 0) is 9.47 Å². The summed E-state index contributed by atoms with van der Waals surface area (Å²) in [5, 5.41) is 1.21. The molecule has 0 aromatic heterocycles. The molecular weight excluding hydrogens is 283 g/mol. The lowest BCUT2D eigenvalue weighted by Crippen LogP contribution is -2.21. The summed E-state index contributed by atoms with van der Waals surface area (Å²) in [6, 6.07) is 5.38. The average molecular weight is 303 g/mol. The van der Waals surface area contributed by atoms with Gasteiger partial charge in [0, 0.05) is 10.6 Å². The molecule has 4 heteroatoms. The Hall–Kier alpha value is -0.280. The summed E-state index contributed by atoms with van der Waals surface area (Å²) < 4.78 is 11.7. The summed E-state index contributed by atoms with van der Waals surface area (Å²) in [6.45, 7) is 7.31. The maximum atomic E-state index is 6.17. The van der Waals surface area contributed by atoms with Crippen molar-refractivity contribution in [3.63, 3.8) is 0 Å². The molecule has 0 unspecified atom stereocenters. The van der Waals surface area contributed by atoms with E-state index in [2.05, 4.69) is 20.8 Å². The molecule has 0 N–H and O–H groups in total. The highest BCUT2D eigenvalue weighted by atomic mass is 35.5. The fraction of sp³-hybridized carbons (Fsp3) is 0.600. The van der Waals surface area contributed by atoms with Gasteiger partial charge in [-0.05, 0) is 24.0 Å². The van der Waals surface area contributed by atoms with E-state index in [1.807, 2.05) is 6.07 Å². The molecule has 0 bridgehead atoms. The summed E-state index contributed by atoms with van der Waals surface area (Å²) >= 11 is 12.1. The van der Waals surface area contributed by atoms with Crippen molar-refractivity contribution in [3.05, 3.63) is 33.8 Å². The first-order valence-corrected chi connectivity index (χ1v) is 7.39. The third-order valence-electron chi connectivity index (χ3n) is 3.70. The molecule has 1 aliphatic rings. The molecule has 2 atom stereocenters. The van der Waals surface area contributed by atoms with Crippen molar-refractivity contribution >= 4 is 23.2 Å². The van der Waals surface area contributed by atoms with Gasteiger partial charge in [0.15, 0.2) is 6.29 Å². The molecule has 1 aromatic rings. The fourth-order valence-electron chi connectivity index (χ4n) is 2.17. The second kappa shape index (κ2) is 6.01. The third-order valence-corrected chi connectivity index (χ3v) is 4.27. The molecule has 2 nitrogen and oxygen atoms in total. The molecule has 1 saturated heterocycles. The highest BCUT2D eigenvalue weighted by molar-refractivity contribution is 6.35. The first kappa shape index (κ1) is 15.1. The Balaban J connectivity index is 2.02. The van der Waals surface area contributed by atoms with Gasteiger partial charge in [-0.2, -0.15) is 0 Å². The minimum Gasteiger partial charge on any atom is -0.346 e. The van der Waals surface area contributed by atoms with Gasteiger partial charge in [0.2, 0.25) is 0 Å². The predicted molar refractivity (Wildman–Crippen MR) is 78.7 cm³/mol. The molecule has 0 radical (unpaired) electrons. The Morgan fingerprint density at radius 2 is 2.05 bits per heavy atom. The molecule has 19 heavy (non-hydrogen) atoms. The lowest BCUT2D eigenvalue weighted by Gasteiger charge is -2.25. The zero-order valence-corrected chi connectivity index (χ0v) is 13.1. The van der Waals surface area contributed by atoms with Crippen molar-refractivity contribution in [2.24, 2.45) is 5.41 Å². The molecular formula is C15H20Cl2O2. The predicted octanol–water partition coefficient (Wildman–Crippen LogP) is 5.23. The van der Waals surface area contributed by atoms with Gasteiger partial charge in [-0.1, -0.05) is 56.5 Å². The van der Waals surface area contributed by atoms with Gasteiger partial charge >= 0.3 is 0 Å².